The maximum Gasteiger partial charge on any atom is 0.240 e. The van der Waals surface area contributed by atoms with Crippen LogP contribution in [-0.4, -0.2) is 5.91 Å². The Morgan fingerprint density at radius 3 is 1.75 bits per heavy atom. The molecular weight excluding hydrogens is 110 g/mol. The molecule has 0 heterocycles. The van der Waals surface area contributed by atoms with E-state index in [0.717, 1.165) is 6.08 Å². The van der Waals surface area contributed by atoms with Gasteiger partial charge in [-0.1, -0.05) is 6.58 Å². The van der Waals surface area contributed by atoms with Gasteiger partial charge in [-0.3, -0.25) is 4.79 Å². The van der Waals surface area contributed by atoms with Gasteiger partial charge < -0.3 is 5.73 Å². The minimum atomic E-state index is -0.481. The molecule has 0 saturated heterocycles. The summed E-state index contributed by atoms with van der Waals surface area (Å²) in [4.78, 5) is 12.7. The van der Waals surface area contributed by atoms with Crippen molar-refractivity contribution in [3.63, 3.8) is 0 Å². The van der Waals surface area contributed by atoms with E-state index in [-0.39, 0.29) is 0 Å². The summed E-state index contributed by atoms with van der Waals surface area (Å²) in [7, 11) is 0. The highest BCUT2D eigenvalue weighted by atomic mass is 16.7. The molecule has 0 aromatic heterocycles. The van der Waals surface area contributed by atoms with Crippen LogP contribution in [0.15, 0.2) is 12.7 Å². The zero-order valence-electron chi connectivity index (χ0n) is 4.33. The van der Waals surface area contributed by atoms with Crippen LogP contribution < -0.4 is 17.5 Å². The number of carbonyl (C=O) groups is 1. The molecule has 0 aliphatic carbocycles. The zero-order valence-corrected chi connectivity index (χ0v) is 4.33. The first-order valence-electron chi connectivity index (χ1n) is 1.66. The Kier molecular flexibility index (Phi) is 12.0. The first kappa shape index (κ1) is 10.1. The van der Waals surface area contributed by atoms with Gasteiger partial charge in [0.05, 0.1) is 0 Å². The van der Waals surface area contributed by atoms with Crippen LogP contribution >= 0.6 is 0 Å². The van der Waals surface area contributed by atoms with E-state index in [9.17, 15) is 4.79 Å². The standard InChI is InChI=1S/C3H5NO.H4N2O/c1-2-3(4)5;1-3-2/h2H,1H2,(H2,4,5);1-2H2. The Labute approximate surface area is 47.0 Å². The molecule has 0 aliphatic rings. The van der Waals surface area contributed by atoms with E-state index >= 15 is 0 Å². The lowest BCUT2D eigenvalue weighted by Crippen LogP contribution is -2.04. The fourth-order valence-electron chi connectivity index (χ4n) is 0. The van der Waals surface area contributed by atoms with Gasteiger partial charge in [-0.25, -0.2) is 4.94 Å². The predicted molar refractivity (Wildman–Crippen MR) is 28.9 cm³/mol. The maximum absolute atomic E-state index is 9.47. The van der Waals surface area contributed by atoms with Gasteiger partial charge in [0, 0.05) is 0 Å². The first-order chi connectivity index (χ1) is 3.68. The molecule has 0 unspecified atom stereocenters. The molecule has 0 atom stereocenters. The Morgan fingerprint density at radius 1 is 1.62 bits per heavy atom. The van der Waals surface area contributed by atoms with Crippen LogP contribution in [0, 0.1) is 0 Å². The van der Waals surface area contributed by atoms with Crippen LogP contribution in [0.3, 0.4) is 0 Å². The number of primary amides is 1. The summed E-state index contributed by atoms with van der Waals surface area (Å²) in [6.07, 6.45) is 1.06. The monoisotopic (exact) mass is 119 g/mol. The Morgan fingerprint density at radius 2 is 1.75 bits per heavy atom. The van der Waals surface area contributed by atoms with Crippen molar-refractivity contribution in [1.82, 2.24) is 0 Å². The summed E-state index contributed by atoms with van der Waals surface area (Å²) in [5, 5.41) is 0. The topological polar surface area (TPSA) is 104 Å². The van der Waals surface area contributed by atoms with Gasteiger partial charge in [0.15, 0.2) is 0 Å². The van der Waals surface area contributed by atoms with E-state index in [1.54, 1.807) is 0 Å². The molecule has 48 valence electrons. The maximum atomic E-state index is 9.47. The van der Waals surface area contributed by atoms with Crippen LogP contribution in [0.4, 0.5) is 0 Å². The molecule has 0 saturated carbocycles. The second kappa shape index (κ2) is 9.43. The zero-order chi connectivity index (χ0) is 6.99. The summed E-state index contributed by atoms with van der Waals surface area (Å²) >= 11 is 0. The highest BCUT2D eigenvalue weighted by Gasteiger charge is 1.69. The Hall–Kier alpha value is -0.910. The predicted octanol–water partition coefficient (Wildman–Crippen LogP) is -1.59. The Balaban J connectivity index is 0. The van der Waals surface area contributed by atoms with E-state index in [4.69, 9.17) is 0 Å². The second-order valence-electron chi connectivity index (χ2n) is 0.743. The van der Waals surface area contributed by atoms with Gasteiger partial charge >= 0.3 is 0 Å². The summed E-state index contributed by atoms with van der Waals surface area (Å²) in [5.41, 5.74) is 4.53. The number of amides is 1. The number of nitrogens with two attached hydrogens (primary N) is 3. The number of hydrogen-bond acceptors (Lipinski definition) is 4. The molecule has 0 radical (unpaired) electrons. The lowest BCUT2D eigenvalue weighted by molar-refractivity contribution is -0.113. The van der Waals surface area contributed by atoms with Crippen LogP contribution in [0.1, 0.15) is 0 Å². The molecule has 8 heavy (non-hydrogen) atoms. The fraction of sp³-hybridized carbons (Fsp3) is 0. The molecule has 5 heteroatoms. The largest absolute Gasteiger partial charge is 0.366 e. The van der Waals surface area contributed by atoms with Crippen LogP contribution in [0.25, 0.3) is 0 Å². The van der Waals surface area contributed by atoms with Gasteiger partial charge in [0.2, 0.25) is 5.91 Å². The molecule has 0 fully saturated rings. The van der Waals surface area contributed by atoms with Crippen molar-refractivity contribution in [3.8, 4) is 0 Å². The third kappa shape index (κ3) is 71.7. The smallest absolute Gasteiger partial charge is 0.240 e. The third-order valence-electron chi connectivity index (χ3n) is 0.201. The minimum absolute atomic E-state index is 0.481. The fourth-order valence-corrected chi connectivity index (χ4v) is 0. The van der Waals surface area contributed by atoms with Crippen molar-refractivity contribution in [2.75, 3.05) is 0 Å². The van der Waals surface area contributed by atoms with Crippen molar-refractivity contribution < 1.29 is 9.73 Å². The van der Waals surface area contributed by atoms with E-state index in [1.165, 1.54) is 0 Å². The molecule has 0 spiro atoms. The van der Waals surface area contributed by atoms with Crippen molar-refractivity contribution in [2.24, 2.45) is 17.5 Å². The van der Waals surface area contributed by atoms with Crippen LogP contribution in [0.2, 0.25) is 0 Å². The molecule has 0 rings (SSSR count). The van der Waals surface area contributed by atoms with E-state index < -0.39 is 5.91 Å². The lowest BCUT2D eigenvalue weighted by atomic mass is 10.6. The highest BCUT2D eigenvalue weighted by molar-refractivity contribution is 5.84. The summed E-state index contributed by atoms with van der Waals surface area (Å²) < 4.78 is 0. The molecule has 0 aromatic rings. The average Bonchev–Trinajstić information content (AvgIpc) is 1.69. The van der Waals surface area contributed by atoms with Crippen molar-refractivity contribution in [3.05, 3.63) is 12.7 Å². The Bertz CT molecular complexity index is 72.9. The number of hydrogen-bond donors (Lipinski definition) is 3. The SMILES string of the molecule is C=CC(N)=O.NON. The van der Waals surface area contributed by atoms with Gasteiger partial charge in [-0.15, -0.1) is 0 Å². The first-order valence-corrected chi connectivity index (χ1v) is 1.66. The summed E-state index contributed by atoms with van der Waals surface area (Å²) in [6, 6.07) is 0. The quantitative estimate of drug-likeness (QED) is 0.286. The lowest BCUT2D eigenvalue weighted by Gasteiger charge is -1.65. The average molecular weight is 119 g/mol. The van der Waals surface area contributed by atoms with E-state index in [2.05, 4.69) is 29.0 Å². The van der Waals surface area contributed by atoms with Gasteiger partial charge in [-0.2, -0.15) is 11.8 Å². The molecule has 0 bridgehead atoms. The van der Waals surface area contributed by atoms with Gasteiger partial charge in [0.25, 0.3) is 0 Å². The van der Waals surface area contributed by atoms with Crippen molar-refractivity contribution in [2.45, 2.75) is 0 Å². The summed E-state index contributed by atoms with van der Waals surface area (Å²) in [5.74, 6) is 7.77. The second-order valence-corrected chi connectivity index (χ2v) is 0.743. The van der Waals surface area contributed by atoms with Crippen LogP contribution in [-0.2, 0) is 9.73 Å². The van der Waals surface area contributed by atoms with Crippen LogP contribution in [0.5, 0.6) is 0 Å². The molecule has 1 amide bonds. The normalized spacial score (nSPS) is 6.25. The molecule has 5 nitrogen and oxygen atoms in total. The third-order valence-corrected chi connectivity index (χ3v) is 0.201. The van der Waals surface area contributed by atoms with Crippen molar-refractivity contribution >= 4 is 5.91 Å². The number of rotatable bonds is 1. The molecular formula is C3H9N3O2. The summed E-state index contributed by atoms with van der Waals surface area (Å²) in [6.45, 7) is 3.09. The van der Waals surface area contributed by atoms with Gasteiger partial charge in [0.1, 0.15) is 0 Å². The molecule has 0 aliphatic heterocycles. The van der Waals surface area contributed by atoms with E-state index in [0.29, 0.717) is 0 Å². The van der Waals surface area contributed by atoms with Gasteiger partial charge in [-0.05, 0) is 6.08 Å². The molecule has 0 aromatic carbocycles. The van der Waals surface area contributed by atoms with E-state index in [1.807, 2.05) is 0 Å². The van der Waals surface area contributed by atoms with Crippen molar-refractivity contribution in [1.29, 1.82) is 0 Å². The molecule has 6 N–H and O–H groups in total. The highest BCUT2D eigenvalue weighted by Crippen LogP contribution is 1.48. The minimum Gasteiger partial charge on any atom is -0.366 e. The number of carbonyl (C=O) groups excluding carboxylic acids is 1.